The van der Waals surface area contributed by atoms with Crippen molar-refractivity contribution in [3.63, 3.8) is 0 Å². The van der Waals surface area contributed by atoms with E-state index in [-0.39, 0.29) is 0 Å². The van der Waals surface area contributed by atoms with E-state index in [1.807, 2.05) is 65.8 Å². The highest BCUT2D eigenvalue weighted by Crippen LogP contribution is 2.16. The van der Waals surface area contributed by atoms with E-state index >= 15 is 0 Å². The molecule has 0 saturated heterocycles. The predicted octanol–water partition coefficient (Wildman–Crippen LogP) is 5.67. The molecule has 110 valence electrons. The second-order valence-electron chi connectivity index (χ2n) is 3.22. The minimum atomic E-state index is 0.781. The van der Waals surface area contributed by atoms with E-state index < -0.39 is 0 Å². The average molecular weight is 272 g/mol. The molecule has 20 heavy (non-hydrogen) atoms. The molecule has 0 heterocycles. The smallest absolute Gasteiger partial charge is 0.0960 e. The van der Waals surface area contributed by atoms with Crippen LogP contribution in [0.25, 0.3) is 0 Å². The molecule has 0 spiro atoms. The van der Waals surface area contributed by atoms with Crippen molar-refractivity contribution in [3.05, 3.63) is 61.0 Å². The maximum absolute atomic E-state index is 4.38. The summed E-state index contributed by atoms with van der Waals surface area (Å²) in [7, 11) is 0. The standard InChI is InChI=1S/C14H16N2.2C2H6/c1-5-10-16-14-12(6-2)9-8-11(4)13(14)15-7-3;2*1-2/h5-10H,3-4H2,1-2H3;2*1-2H3/b10-5-,12-6-,15-13?,16-14+;;. The van der Waals surface area contributed by atoms with E-state index in [1.165, 1.54) is 6.20 Å². The molecule has 0 saturated carbocycles. The molecule has 0 fully saturated rings. The van der Waals surface area contributed by atoms with Crippen molar-refractivity contribution in [2.75, 3.05) is 0 Å². The fourth-order valence-electron chi connectivity index (χ4n) is 1.39. The minimum absolute atomic E-state index is 0.781. The van der Waals surface area contributed by atoms with Gasteiger partial charge in [0.2, 0.25) is 0 Å². The lowest BCUT2D eigenvalue weighted by Gasteiger charge is -2.15. The summed E-state index contributed by atoms with van der Waals surface area (Å²) in [5.41, 5.74) is 3.52. The number of hydrogen-bond donors (Lipinski definition) is 0. The first-order valence-corrected chi connectivity index (χ1v) is 7.16. The first-order valence-electron chi connectivity index (χ1n) is 7.16. The fourth-order valence-corrected chi connectivity index (χ4v) is 1.39. The van der Waals surface area contributed by atoms with Crippen molar-refractivity contribution in [3.8, 4) is 0 Å². The van der Waals surface area contributed by atoms with Gasteiger partial charge in [-0.05, 0) is 25.0 Å². The van der Waals surface area contributed by atoms with E-state index in [2.05, 4.69) is 23.1 Å². The maximum Gasteiger partial charge on any atom is 0.0960 e. The van der Waals surface area contributed by atoms with Crippen molar-refractivity contribution in [2.24, 2.45) is 9.98 Å². The molecule has 0 unspecified atom stereocenters. The van der Waals surface area contributed by atoms with Gasteiger partial charge in [0.15, 0.2) is 0 Å². The Morgan fingerprint density at radius 2 is 1.55 bits per heavy atom. The normalized spacial score (nSPS) is 19.7. The molecule has 1 aliphatic rings. The molecule has 0 bridgehead atoms. The maximum atomic E-state index is 4.38. The molecule has 0 amide bonds. The highest BCUT2D eigenvalue weighted by molar-refractivity contribution is 6.55. The molecule has 0 aromatic carbocycles. The molecule has 2 heteroatoms. The lowest BCUT2D eigenvalue weighted by atomic mass is 9.93. The summed E-state index contributed by atoms with van der Waals surface area (Å²) in [6.07, 6.45) is 11.1. The second kappa shape index (κ2) is 13.5. The molecule has 0 aliphatic heterocycles. The zero-order chi connectivity index (χ0) is 16.0. The molecular weight excluding hydrogens is 244 g/mol. The first kappa shape index (κ1) is 20.4. The molecule has 0 atom stereocenters. The lowest BCUT2D eigenvalue weighted by molar-refractivity contribution is 1.48. The molecule has 0 N–H and O–H groups in total. The van der Waals surface area contributed by atoms with Gasteiger partial charge in [-0.15, -0.1) is 0 Å². The van der Waals surface area contributed by atoms with E-state index in [4.69, 9.17) is 0 Å². The number of hydrogen-bond acceptors (Lipinski definition) is 2. The summed E-state index contributed by atoms with van der Waals surface area (Å²) < 4.78 is 0. The molecular formula is C18H28N2. The Bertz CT molecular complexity index is 444. The largest absolute Gasteiger partial charge is 0.255 e. The molecule has 1 rings (SSSR count). The highest BCUT2D eigenvalue weighted by atomic mass is 14.8. The molecule has 1 aliphatic carbocycles. The summed E-state index contributed by atoms with van der Waals surface area (Å²) >= 11 is 0. The van der Waals surface area contributed by atoms with Gasteiger partial charge in [-0.1, -0.05) is 65.2 Å². The van der Waals surface area contributed by atoms with Gasteiger partial charge >= 0.3 is 0 Å². The van der Waals surface area contributed by atoms with Crippen LogP contribution in [0, 0.1) is 0 Å². The lowest BCUT2D eigenvalue weighted by Crippen LogP contribution is -2.20. The average Bonchev–Trinajstić information content (AvgIpc) is 2.52. The predicted molar refractivity (Wildman–Crippen MR) is 94.6 cm³/mol. The number of allylic oxidation sites excluding steroid dienone is 6. The van der Waals surface area contributed by atoms with Crippen LogP contribution in [0.2, 0.25) is 0 Å². The Kier molecular flexibility index (Phi) is 13.7. The topological polar surface area (TPSA) is 24.7 Å². The van der Waals surface area contributed by atoms with Crippen molar-refractivity contribution < 1.29 is 0 Å². The summed E-state index contributed by atoms with van der Waals surface area (Å²) in [5, 5.41) is 0. The zero-order valence-electron chi connectivity index (χ0n) is 13.8. The van der Waals surface area contributed by atoms with Gasteiger partial charge in [-0.25, -0.2) is 0 Å². The van der Waals surface area contributed by atoms with E-state index in [1.54, 1.807) is 6.20 Å². The summed E-state index contributed by atoms with van der Waals surface area (Å²) in [6, 6.07) is 0. The van der Waals surface area contributed by atoms with Gasteiger partial charge in [0.1, 0.15) is 0 Å². The summed E-state index contributed by atoms with van der Waals surface area (Å²) in [4.78, 5) is 8.60. The fraction of sp³-hybridized carbons (Fsp3) is 0.333. The van der Waals surface area contributed by atoms with Crippen LogP contribution in [0.5, 0.6) is 0 Å². The van der Waals surface area contributed by atoms with Gasteiger partial charge in [-0.2, -0.15) is 0 Å². The number of rotatable bonds is 2. The van der Waals surface area contributed by atoms with Crippen molar-refractivity contribution in [2.45, 2.75) is 41.5 Å². The zero-order valence-corrected chi connectivity index (χ0v) is 13.8. The Morgan fingerprint density at radius 3 is 2.00 bits per heavy atom. The quantitative estimate of drug-likeness (QED) is 0.618. The van der Waals surface area contributed by atoms with Crippen molar-refractivity contribution in [1.82, 2.24) is 0 Å². The van der Waals surface area contributed by atoms with Crippen LogP contribution < -0.4 is 0 Å². The molecule has 2 nitrogen and oxygen atoms in total. The first-order chi connectivity index (χ1) is 9.74. The third kappa shape index (κ3) is 6.28. The molecule has 0 aromatic heterocycles. The van der Waals surface area contributed by atoms with Crippen LogP contribution in [0.3, 0.4) is 0 Å². The Labute approximate surface area is 124 Å². The van der Waals surface area contributed by atoms with Gasteiger partial charge in [0.25, 0.3) is 0 Å². The Morgan fingerprint density at radius 1 is 0.950 bits per heavy atom. The monoisotopic (exact) mass is 272 g/mol. The van der Waals surface area contributed by atoms with Crippen LogP contribution in [0.4, 0.5) is 0 Å². The van der Waals surface area contributed by atoms with Crippen molar-refractivity contribution >= 4 is 11.4 Å². The van der Waals surface area contributed by atoms with Crippen LogP contribution in [-0.4, -0.2) is 11.4 Å². The van der Waals surface area contributed by atoms with Crippen LogP contribution in [-0.2, 0) is 0 Å². The Hall–Kier alpha value is -1.96. The molecule has 0 aromatic rings. The summed E-state index contributed by atoms with van der Waals surface area (Å²) in [5.74, 6) is 0. The molecule has 0 radical (unpaired) electrons. The third-order valence-electron chi connectivity index (χ3n) is 2.15. The van der Waals surface area contributed by atoms with Crippen LogP contribution >= 0.6 is 0 Å². The van der Waals surface area contributed by atoms with Gasteiger partial charge in [0.05, 0.1) is 11.4 Å². The third-order valence-corrected chi connectivity index (χ3v) is 2.15. The van der Waals surface area contributed by atoms with Gasteiger partial charge < -0.3 is 0 Å². The second-order valence-corrected chi connectivity index (χ2v) is 3.22. The van der Waals surface area contributed by atoms with Crippen LogP contribution in [0.1, 0.15) is 41.5 Å². The van der Waals surface area contributed by atoms with Crippen LogP contribution in [0.15, 0.2) is 71.0 Å². The van der Waals surface area contributed by atoms with Crippen molar-refractivity contribution in [1.29, 1.82) is 0 Å². The Balaban J connectivity index is 0. The minimum Gasteiger partial charge on any atom is -0.255 e. The summed E-state index contributed by atoms with van der Waals surface area (Å²) in [6.45, 7) is 19.5. The van der Waals surface area contributed by atoms with Gasteiger partial charge in [0, 0.05) is 12.4 Å². The SMILES string of the molecule is C=CN=C1C(=C)C=CC(=C/C)/C1=N\C=C/C.CC.CC. The van der Waals surface area contributed by atoms with E-state index in [0.29, 0.717) is 0 Å². The van der Waals surface area contributed by atoms with Gasteiger partial charge in [-0.3, -0.25) is 9.98 Å². The number of aliphatic imine (C=N–C) groups is 2. The number of nitrogens with zero attached hydrogens (tertiary/aromatic N) is 2. The highest BCUT2D eigenvalue weighted by Gasteiger charge is 2.17. The van der Waals surface area contributed by atoms with E-state index in [9.17, 15) is 0 Å². The van der Waals surface area contributed by atoms with E-state index in [0.717, 1.165) is 22.6 Å².